The number of methoxy groups -OCH3 is 3. The summed E-state index contributed by atoms with van der Waals surface area (Å²) in [5.41, 5.74) is 0.620. The molecule has 1 rings (SSSR count). The van der Waals surface area contributed by atoms with Crippen molar-refractivity contribution in [3.8, 4) is 11.5 Å². The minimum atomic E-state index is -0.378. The first-order valence-corrected chi connectivity index (χ1v) is 7.01. The van der Waals surface area contributed by atoms with Gasteiger partial charge < -0.3 is 19.5 Å². The second-order valence-corrected chi connectivity index (χ2v) is 5.27. The number of hydrogen-bond donors (Lipinski definition) is 1. The minimum absolute atomic E-state index is 0.0152. The van der Waals surface area contributed by atoms with Gasteiger partial charge in [-0.15, -0.1) is 0 Å². The number of hydrogen-bond acceptors (Lipinski definition) is 4. The lowest BCUT2D eigenvalue weighted by Gasteiger charge is -2.35. The molecule has 4 nitrogen and oxygen atoms in total. The summed E-state index contributed by atoms with van der Waals surface area (Å²) in [7, 11) is 5.08. The summed E-state index contributed by atoms with van der Waals surface area (Å²) in [4.78, 5) is 0. The van der Waals surface area contributed by atoms with E-state index in [-0.39, 0.29) is 11.6 Å². The molecule has 0 bridgehead atoms. The first-order valence-electron chi connectivity index (χ1n) is 7.01. The van der Waals surface area contributed by atoms with Gasteiger partial charge in [0.05, 0.1) is 31.4 Å². The fourth-order valence-electron chi connectivity index (χ4n) is 2.27. The molecule has 0 aromatic heterocycles. The quantitative estimate of drug-likeness (QED) is 0.794. The van der Waals surface area contributed by atoms with Gasteiger partial charge >= 0.3 is 0 Å². The van der Waals surface area contributed by atoms with E-state index >= 15 is 0 Å². The first-order chi connectivity index (χ1) is 9.51. The van der Waals surface area contributed by atoms with E-state index in [0.717, 1.165) is 30.0 Å². The van der Waals surface area contributed by atoms with Crippen molar-refractivity contribution in [2.24, 2.45) is 0 Å². The Morgan fingerprint density at radius 3 is 2.05 bits per heavy atom. The van der Waals surface area contributed by atoms with Gasteiger partial charge in [-0.05, 0) is 38.9 Å². The van der Waals surface area contributed by atoms with Crippen LogP contribution in [0, 0.1) is 0 Å². The van der Waals surface area contributed by atoms with Crippen LogP contribution in [-0.2, 0) is 4.74 Å². The Bertz CT molecular complexity index is 396. The average molecular weight is 281 g/mol. The van der Waals surface area contributed by atoms with Crippen LogP contribution in [0.3, 0.4) is 0 Å². The highest BCUT2D eigenvalue weighted by atomic mass is 16.5. The normalized spacial score (nSPS) is 13.1. The molecule has 1 unspecified atom stereocenters. The fraction of sp³-hybridized carbons (Fsp3) is 0.625. The molecule has 1 N–H and O–H groups in total. The highest BCUT2D eigenvalue weighted by Crippen LogP contribution is 2.40. The Balaban J connectivity index is 3.31. The average Bonchev–Trinajstić information content (AvgIpc) is 2.47. The molecule has 0 aliphatic heterocycles. The van der Waals surface area contributed by atoms with Crippen molar-refractivity contribution >= 4 is 0 Å². The Kier molecular flexibility index (Phi) is 6.30. The van der Waals surface area contributed by atoms with E-state index in [1.165, 1.54) is 0 Å². The lowest BCUT2D eigenvalue weighted by atomic mass is 9.90. The van der Waals surface area contributed by atoms with E-state index in [1.807, 2.05) is 18.2 Å². The maximum Gasteiger partial charge on any atom is 0.127 e. The van der Waals surface area contributed by atoms with Crippen molar-refractivity contribution < 1.29 is 14.2 Å². The summed E-state index contributed by atoms with van der Waals surface area (Å²) in [5.74, 6) is 1.62. The Hall–Kier alpha value is -1.26. The van der Waals surface area contributed by atoms with Crippen LogP contribution < -0.4 is 14.8 Å². The summed E-state index contributed by atoms with van der Waals surface area (Å²) in [6.45, 7) is 7.17. The Morgan fingerprint density at radius 1 is 1.10 bits per heavy atom. The molecule has 114 valence electrons. The zero-order valence-corrected chi connectivity index (χ0v) is 13.4. The third kappa shape index (κ3) is 3.64. The number of benzene rings is 1. The van der Waals surface area contributed by atoms with E-state index in [1.54, 1.807) is 21.3 Å². The molecule has 0 heterocycles. The van der Waals surface area contributed by atoms with Crippen LogP contribution in [0.2, 0.25) is 0 Å². The number of nitrogens with one attached hydrogen (secondary N) is 1. The smallest absolute Gasteiger partial charge is 0.127 e. The van der Waals surface area contributed by atoms with Gasteiger partial charge in [0.25, 0.3) is 0 Å². The first kappa shape index (κ1) is 16.8. The molecule has 0 amide bonds. The zero-order valence-electron chi connectivity index (χ0n) is 13.4. The zero-order chi connectivity index (χ0) is 15.2. The Labute approximate surface area is 122 Å². The van der Waals surface area contributed by atoms with Gasteiger partial charge in [-0.2, -0.15) is 0 Å². The molecule has 0 saturated carbocycles. The van der Waals surface area contributed by atoms with Crippen LogP contribution in [0.5, 0.6) is 11.5 Å². The van der Waals surface area contributed by atoms with Gasteiger partial charge in [0.1, 0.15) is 11.5 Å². The summed E-state index contributed by atoms with van der Waals surface area (Å²) in [6.07, 6.45) is 1.05. The third-order valence-corrected chi connectivity index (χ3v) is 3.57. The van der Waals surface area contributed by atoms with Crippen molar-refractivity contribution in [3.63, 3.8) is 0 Å². The highest BCUT2D eigenvalue weighted by molar-refractivity contribution is 5.48. The van der Waals surface area contributed by atoms with Gasteiger partial charge in [0, 0.05) is 7.11 Å². The highest BCUT2D eigenvalue weighted by Gasteiger charge is 2.34. The summed E-state index contributed by atoms with van der Waals surface area (Å²) in [5, 5.41) is 3.54. The molecule has 1 atom stereocenters. The molecule has 20 heavy (non-hydrogen) atoms. The second kappa shape index (κ2) is 7.50. The fourth-order valence-corrected chi connectivity index (χ4v) is 2.27. The topological polar surface area (TPSA) is 39.7 Å². The molecule has 0 spiro atoms. The van der Waals surface area contributed by atoms with E-state index in [9.17, 15) is 0 Å². The maximum atomic E-state index is 5.68. The van der Waals surface area contributed by atoms with E-state index in [2.05, 4.69) is 26.1 Å². The predicted molar refractivity (Wildman–Crippen MR) is 81.7 cm³/mol. The lowest BCUT2D eigenvalue weighted by molar-refractivity contribution is -0.0122. The van der Waals surface area contributed by atoms with Crippen LogP contribution >= 0.6 is 0 Å². The molecule has 1 aromatic rings. The monoisotopic (exact) mass is 281 g/mol. The van der Waals surface area contributed by atoms with Gasteiger partial charge in [-0.3, -0.25) is 0 Å². The van der Waals surface area contributed by atoms with Crippen LogP contribution in [0.1, 0.15) is 38.8 Å². The van der Waals surface area contributed by atoms with Crippen LogP contribution in [0.25, 0.3) is 0 Å². The largest absolute Gasteiger partial charge is 0.496 e. The van der Waals surface area contributed by atoms with Crippen molar-refractivity contribution in [1.82, 2.24) is 5.32 Å². The van der Waals surface area contributed by atoms with Crippen molar-refractivity contribution in [3.05, 3.63) is 23.8 Å². The van der Waals surface area contributed by atoms with Crippen molar-refractivity contribution in [2.45, 2.75) is 38.8 Å². The van der Waals surface area contributed by atoms with Crippen LogP contribution in [0.15, 0.2) is 18.2 Å². The third-order valence-electron chi connectivity index (χ3n) is 3.57. The molecule has 0 aliphatic carbocycles. The minimum Gasteiger partial charge on any atom is -0.496 e. The molecule has 0 radical (unpaired) electrons. The molecule has 0 aliphatic rings. The van der Waals surface area contributed by atoms with Gasteiger partial charge in [0.2, 0.25) is 0 Å². The van der Waals surface area contributed by atoms with E-state index in [0.29, 0.717) is 0 Å². The van der Waals surface area contributed by atoms with Gasteiger partial charge in [-0.1, -0.05) is 13.0 Å². The number of ether oxygens (including phenoxy) is 3. The predicted octanol–water partition coefficient (Wildman–Crippen LogP) is 3.17. The summed E-state index contributed by atoms with van der Waals surface area (Å²) < 4.78 is 16.7. The standard InChI is InChI=1S/C16H27NO3/c1-7-11-17-15(16(2,3)20-6)14-12(18-4)9-8-10-13(14)19-5/h8-10,15,17H,7,11H2,1-6H3. The van der Waals surface area contributed by atoms with Crippen LogP contribution in [-0.4, -0.2) is 33.5 Å². The Morgan fingerprint density at radius 2 is 1.65 bits per heavy atom. The molecular weight excluding hydrogens is 254 g/mol. The maximum absolute atomic E-state index is 5.68. The van der Waals surface area contributed by atoms with Crippen molar-refractivity contribution in [2.75, 3.05) is 27.9 Å². The van der Waals surface area contributed by atoms with E-state index in [4.69, 9.17) is 14.2 Å². The van der Waals surface area contributed by atoms with Crippen LogP contribution in [0.4, 0.5) is 0 Å². The van der Waals surface area contributed by atoms with Gasteiger partial charge in [0.15, 0.2) is 0 Å². The molecular formula is C16H27NO3. The SMILES string of the molecule is CCCNC(c1c(OC)cccc1OC)C(C)(C)OC. The summed E-state index contributed by atoms with van der Waals surface area (Å²) in [6, 6.07) is 5.81. The van der Waals surface area contributed by atoms with E-state index < -0.39 is 0 Å². The number of rotatable bonds is 8. The second-order valence-electron chi connectivity index (χ2n) is 5.27. The molecule has 0 saturated heterocycles. The lowest BCUT2D eigenvalue weighted by Crippen LogP contribution is -2.41. The molecule has 1 aromatic carbocycles. The molecule has 4 heteroatoms. The van der Waals surface area contributed by atoms with Crippen molar-refractivity contribution in [1.29, 1.82) is 0 Å². The van der Waals surface area contributed by atoms with Gasteiger partial charge in [-0.25, -0.2) is 0 Å². The molecule has 0 fully saturated rings. The summed E-state index contributed by atoms with van der Waals surface area (Å²) >= 11 is 0.